The van der Waals surface area contributed by atoms with E-state index in [-0.39, 0.29) is 5.56 Å². The highest BCUT2D eigenvalue weighted by Crippen LogP contribution is 2.29. The monoisotopic (exact) mass is 250 g/mol. The molecule has 0 spiro atoms. The van der Waals surface area contributed by atoms with Crippen LogP contribution in [-0.4, -0.2) is 10.2 Å². The Morgan fingerprint density at radius 3 is 1.78 bits per heavy atom. The van der Waals surface area contributed by atoms with Gasteiger partial charge in [0.15, 0.2) is 0 Å². The van der Waals surface area contributed by atoms with Crippen molar-refractivity contribution in [1.29, 1.82) is 0 Å². The summed E-state index contributed by atoms with van der Waals surface area (Å²) >= 11 is 0. The lowest BCUT2D eigenvalue weighted by Gasteiger charge is -2.18. The molecule has 2 unspecified atom stereocenters. The molecule has 94 valence electrons. The van der Waals surface area contributed by atoms with E-state index in [0.29, 0.717) is 11.6 Å². The number of aliphatic hydroxyl groups excluding tert-OH is 2. The summed E-state index contributed by atoms with van der Waals surface area (Å²) in [6.45, 7) is 0. The molecule has 0 aliphatic rings. The molecule has 2 N–H and O–H groups in total. The Morgan fingerprint density at radius 1 is 0.722 bits per heavy atom. The topological polar surface area (TPSA) is 40.5 Å². The van der Waals surface area contributed by atoms with Crippen LogP contribution < -0.4 is 0 Å². The van der Waals surface area contributed by atoms with Gasteiger partial charge in [-0.25, -0.2) is 8.78 Å². The molecule has 4 heteroatoms. The first kappa shape index (κ1) is 12.7. The van der Waals surface area contributed by atoms with Crippen molar-refractivity contribution in [3.05, 3.63) is 71.3 Å². The molecule has 0 aromatic heterocycles. The van der Waals surface area contributed by atoms with E-state index in [1.807, 2.05) is 0 Å². The Labute approximate surface area is 103 Å². The SMILES string of the molecule is OC(c1ccccc1)C(O)c1cc(F)cc(F)c1. The highest BCUT2D eigenvalue weighted by Gasteiger charge is 2.21. The molecule has 0 fully saturated rings. The van der Waals surface area contributed by atoms with Crippen molar-refractivity contribution in [2.45, 2.75) is 12.2 Å². The first-order chi connectivity index (χ1) is 8.58. The quantitative estimate of drug-likeness (QED) is 0.879. The molecule has 2 aromatic carbocycles. The first-order valence-corrected chi connectivity index (χ1v) is 5.45. The summed E-state index contributed by atoms with van der Waals surface area (Å²) in [5, 5.41) is 19.8. The number of hydrogen-bond donors (Lipinski definition) is 2. The summed E-state index contributed by atoms with van der Waals surface area (Å²) in [4.78, 5) is 0. The number of aliphatic hydroxyl groups is 2. The molecular formula is C14H12F2O2. The van der Waals surface area contributed by atoms with Crippen molar-refractivity contribution in [1.82, 2.24) is 0 Å². The predicted molar refractivity (Wildman–Crippen MR) is 62.7 cm³/mol. The Balaban J connectivity index is 2.28. The van der Waals surface area contributed by atoms with E-state index in [9.17, 15) is 19.0 Å². The van der Waals surface area contributed by atoms with Gasteiger partial charge in [-0.1, -0.05) is 30.3 Å². The molecule has 0 bridgehead atoms. The predicted octanol–water partition coefficient (Wildman–Crippen LogP) is 2.73. The van der Waals surface area contributed by atoms with Crippen molar-refractivity contribution in [2.75, 3.05) is 0 Å². The molecule has 0 amide bonds. The molecule has 0 aliphatic carbocycles. The minimum Gasteiger partial charge on any atom is -0.385 e. The molecule has 0 saturated heterocycles. The molecule has 2 nitrogen and oxygen atoms in total. The smallest absolute Gasteiger partial charge is 0.126 e. The van der Waals surface area contributed by atoms with Crippen LogP contribution in [0.25, 0.3) is 0 Å². The van der Waals surface area contributed by atoms with Crippen LogP contribution >= 0.6 is 0 Å². The lowest BCUT2D eigenvalue weighted by Crippen LogP contribution is -2.10. The normalized spacial score (nSPS) is 14.2. The van der Waals surface area contributed by atoms with Gasteiger partial charge in [0.05, 0.1) is 0 Å². The minimum absolute atomic E-state index is 0.00357. The number of benzene rings is 2. The van der Waals surface area contributed by atoms with E-state index in [0.717, 1.165) is 12.1 Å². The average molecular weight is 250 g/mol. The second-order valence-electron chi connectivity index (χ2n) is 4.00. The minimum atomic E-state index is -1.38. The number of rotatable bonds is 3. The van der Waals surface area contributed by atoms with E-state index in [1.165, 1.54) is 0 Å². The van der Waals surface area contributed by atoms with E-state index in [2.05, 4.69) is 0 Å². The van der Waals surface area contributed by atoms with E-state index in [4.69, 9.17) is 0 Å². The molecule has 2 aromatic rings. The van der Waals surface area contributed by atoms with Crippen LogP contribution in [0, 0.1) is 11.6 Å². The second-order valence-corrected chi connectivity index (χ2v) is 4.00. The summed E-state index contributed by atoms with van der Waals surface area (Å²) in [5.74, 6) is -1.58. The molecule has 0 heterocycles. The second kappa shape index (κ2) is 5.25. The van der Waals surface area contributed by atoms with Crippen LogP contribution in [0.15, 0.2) is 48.5 Å². The third-order valence-electron chi connectivity index (χ3n) is 2.67. The molecule has 2 rings (SSSR count). The van der Waals surface area contributed by atoms with Gasteiger partial charge in [-0.3, -0.25) is 0 Å². The summed E-state index contributed by atoms with van der Waals surface area (Å²) < 4.78 is 26.0. The molecule has 2 atom stereocenters. The van der Waals surface area contributed by atoms with Crippen LogP contribution in [-0.2, 0) is 0 Å². The Bertz CT molecular complexity index is 508. The average Bonchev–Trinajstić information content (AvgIpc) is 2.37. The highest BCUT2D eigenvalue weighted by atomic mass is 19.1. The van der Waals surface area contributed by atoms with Crippen molar-refractivity contribution in [3.63, 3.8) is 0 Å². The molecule has 0 saturated carbocycles. The lowest BCUT2D eigenvalue weighted by atomic mass is 9.98. The fourth-order valence-electron chi connectivity index (χ4n) is 1.76. The largest absolute Gasteiger partial charge is 0.385 e. The van der Waals surface area contributed by atoms with E-state index in [1.54, 1.807) is 30.3 Å². The Morgan fingerprint density at radius 2 is 1.22 bits per heavy atom. The fourth-order valence-corrected chi connectivity index (χ4v) is 1.76. The maximum absolute atomic E-state index is 13.0. The van der Waals surface area contributed by atoms with Gasteiger partial charge in [0, 0.05) is 6.07 Å². The van der Waals surface area contributed by atoms with Crippen molar-refractivity contribution < 1.29 is 19.0 Å². The van der Waals surface area contributed by atoms with E-state index >= 15 is 0 Å². The van der Waals surface area contributed by atoms with E-state index < -0.39 is 23.8 Å². The van der Waals surface area contributed by atoms with Crippen LogP contribution in [0.2, 0.25) is 0 Å². The highest BCUT2D eigenvalue weighted by molar-refractivity contribution is 5.25. The third-order valence-corrected chi connectivity index (χ3v) is 2.67. The van der Waals surface area contributed by atoms with Gasteiger partial charge in [0.1, 0.15) is 23.8 Å². The zero-order chi connectivity index (χ0) is 13.1. The van der Waals surface area contributed by atoms with Gasteiger partial charge in [-0.15, -0.1) is 0 Å². The Kier molecular flexibility index (Phi) is 3.69. The van der Waals surface area contributed by atoms with Crippen molar-refractivity contribution in [3.8, 4) is 0 Å². The number of halogens is 2. The van der Waals surface area contributed by atoms with Gasteiger partial charge < -0.3 is 10.2 Å². The van der Waals surface area contributed by atoms with Gasteiger partial charge in [-0.2, -0.15) is 0 Å². The summed E-state index contributed by atoms with van der Waals surface area (Å²) in [6.07, 6.45) is -2.61. The van der Waals surface area contributed by atoms with Crippen LogP contribution in [0.3, 0.4) is 0 Å². The fraction of sp³-hybridized carbons (Fsp3) is 0.143. The van der Waals surface area contributed by atoms with Crippen LogP contribution in [0.1, 0.15) is 23.3 Å². The Hall–Kier alpha value is -1.78. The lowest BCUT2D eigenvalue weighted by molar-refractivity contribution is 0.0169. The standard InChI is InChI=1S/C14H12F2O2/c15-11-6-10(7-12(16)8-11)14(18)13(17)9-4-2-1-3-5-9/h1-8,13-14,17-18H. The first-order valence-electron chi connectivity index (χ1n) is 5.45. The zero-order valence-electron chi connectivity index (χ0n) is 9.42. The molecule has 18 heavy (non-hydrogen) atoms. The van der Waals surface area contributed by atoms with Gasteiger partial charge in [-0.05, 0) is 23.3 Å². The maximum Gasteiger partial charge on any atom is 0.126 e. The third kappa shape index (κ3) is 2.72. The zero-order valence-corrected chi connectivity index (χ0v) is 9.42. The molecular weight excluding hydrogens is 238 g/mol. The van der Waals surface area contributed by atoms with Gasteiger partial charge >= 0.3 is 0 Å². The van der Waals surface area contributed by atoms with Gasteiger partial charge in [0.2, 0.25) is 0 Å². The van der Waals surface area contributed by atoms with Crippen molar-refractivity contribution in [2.24, 2.45) is 0 Å². The molecule has 0 aliphatic heterocycles. The van der Waals surface area contributed by atoms with Crippen molar-refractivity contribution >= 4 is 0 Å². The summed E-state index contributed by atoms with van der Waals surface area (Å²) in [5.41, 5.74) is 0.485. The van der Waals surface area contributed by atoms with Crippen LogP contribution in [0.5, 0.6) is 0 Å². The number of hydrogen-bond acceptors (Lipinski definition) is 2. The van der Waals surface area contributed by atoms with Crippen LogP contribution in [0.4, 0.5) is 8.78 Å². The maximum atomic E-state index is 13.0. The summed E-state index contributed by atoms with van der Waals surface area (Å²) in [6, 6.07) is 11.2. The van der Waals surface area contributed by atoms with Gasteiger partial charge in [0.25, 0.3) is 0 Å². The summed E-state index contributed by atoms with van der Waals surface area (Å²) in [7, 11) is 0. The molecule has 0 radical (unpaired) electrons.